The standard InChI is InChI=1S/C19H22F3NO4/c1-18(2,3)16(10-25-17(23)24)27-15-7-5-12-8-14(6-4-13(12)9-15)26-11-19(20,21)22/h4-9,16H,10-11H2,1-3H3,(H2,23,24). The van der Waals surface area contributed by atoms with Crippen molar-refractivity contribution < 1.29 is 32.2 Å². The maximum atomic E-state index is 12.3. The van der Waals surface area contributed by atoms with Gasteiger partial charge in [-0.05, 0) is 35.0 Å². The molecular weight excluding hydrogens is 363 g/mol. The van der Waals surface area contributed by atoms with Crippen LogP contribution in [0, 0.1) is 5.41 Å². The highest BCUT2D eigenvalue weighted by molar-refractivity contribution is 5.85. The largest absolute Gasteiger partial charge is 0.486 e. The molecular formula is C19H22F3NO4. The van der Waals surface area contributed by atoms with Gasteiger partial charge < -0.3 is 19.9 Å². The van der Waals surface area contributed by atoms with Crippen LogP contribution in [0.4, 0.5) is 18.0 Å². The van der Waals surface area contributed by atoms with E-state index in [-0.39, 0.29) is 17.8 Å². The van der Waals surface area contributed by atoms with Crippen LogP contribution in [0.2, 0.25) is 0 Å². The first-order chi connectivity index (χ1) is 12.4. The number of halogens is 3. The molecule has 0 aliphatic heterocycles. The van der Waals surface area contributed by atoms with Gasteiger partial charge in [-0.2, -0.15) is 13.2 Å². The van der Waals surface area contributed by atoms with Crippen molar-refractivity contribution in [1.82, 2.24) is 0 Å². The number of hydrogen-bond donors (Lipinski definition) is 1. The molecule has 0 heterocycles. The van der Waals surface area contributed by atoms with Gasteiger partial charge in [0.15, 0.2) is 6.61 Å². The van der Waals surface area contributed by atoms with E-state index in [1.807, 2.05) is 20.8 Å². The van der Waals surface area contributed by atoms with E-state index in [4.69, 9.17) is 19.9 Å². The second-order valence-electron chi connectivity index (χ2n) is 7.18. The SMILES string of the molecule is CC(C)(C)C(COC(N)=O)Oc1ccc2cc(OCC(F)(F)F)ccc2c1. The number of carbonyl (C=O) groups excluding carboxylic acids is 1. The number of ether oxygens (including phenoxy) is 3. The molecule has 2 N–H and O–H groups in total. The molecule has 27 heavy (non-hydrogen) atoms. The molecule has 0 radical (unpaired) electrons. The van der Waals surface area contributed by atoms with E-state index in [1.54, 1.807) is 24.3 Å². The van der Waals surface area contributed by atoms with E-state index in [2.05, 4.69) is 0 Å². The zero-order valence-corrected chi connectivity index (χ0v) is 15.3. The highest BCUT2D eigenvalue weighted by Gasteiger charge is 2.29. The molecule has 0 fully saturated rings. The third-order valence-corrected chi connectivity index (χ3v) is 3.81. The normalized spacial score (nSPS) is 13.3. The number of rotatable bonds is 6. The summed E-state index contributed by atoms with van der Waals surface area (Å²) < 4.78 is 52.3. The third-order valence-electron chi connectivity index (χ3n) is 3.81. The van der Waals surface area contributed by atoms with E-state index < -0.39 is 25.0 Å². The number of hydrogen-bond acceptors (Lipinski definition) is 4. The fourth-order valence-corrected chi connectivity index (χ4v) is 2.31. The maximum Gasteiger partial charge on any atom is 0.422 e. The molecule has 2 rings (SSSR count). The molecule has 0 saturated heterocycles. The summed E-state index contributed by atoms with van der Waals surface area (Å²) in [6, 6.07) is 9.82. The Kier molecular flexibility index (Phi) is 6.08. The zero-order chi connectivity index (χ0) is 20.2. The molecule has 2 aromatic carbocycles. The minimum atomic E-state index is -4.39. The predicted octanol–water partition coefficient (Wildman–Crippen LogP) is 4.67. The fourth-order valence-electron chi connectivity index (χ4n) is 2.31. The summed E-state index contributed by atoms with van der Waals surface area (Å²) in [5.74, 6) is 0.676. The van der Waals surface area contributed by atoms with Gasteiger partial charge in [-0.1, -0.05) is 32.9 Å². The summed E-state index contributed by atoms with van der Waals surface area (Å²) >= 11 is 0. The van der Waals surface area contributed by atoms with E-state index in [0.717, 1.165) is 5.39 Å². The monoisotopic (exact) mass is 385 g/mol. The Morgan fingerprint density at radius 1 is 1.04 bits per heavy atom. The van der Waals surface area contributed by atoms with Crippen molar-refractivity contribution in [3.63, 3.8) is 0 Å². The minimum absolute atomic E-state index is 0.00108. The smallest absolute Gasteiger partial charge is 0.422 e. The van der Waals surface area contributed by atoms with Crippen molar-refractivity contribution in [2.75, 3.05) is 13.2 Å². The maximum absolute atomic E-state index is 12.3. The number of benzene rings is 2. The van der Waals surface area contributed by atoms with Crippen LogP contribution in [0.3, 0.4) is 0 Å². The Hall–Kier alpha value is -2.64. The summed E-state index contributed by atoms with van der Waals surface area (Å²) in [5.41, 5.74) is 4.70. The van der Waals surface area contributed by atoms with Gasteiger partial charge in [-0.25, -0.2) is 4.79 Å². The van der Waals surface area contributed by atoms with Crippen LogP contribution in [0.5, 0.6) is 11.5 Å². The number of amides is 1. The van der Waals surface area contributed by atoms with Crippen LogP contribution < -0.4 is 15.2 Å². The van der Waals surface area contributed by atoms with Gasteiger partial charge >= 0.3 is 12.3 Å². The van der Waals surface area contributed by atoms with Crippen molar-refractivity contribution in [1.29, 1.82) is 0 Å². The first-order valence-electron chi connectivity index (χ1n) is 8.26. The number of alkyl halides is 3. The van der Waals surface area contributed by atoms with Crippen molar-refractivity contribution in [2.24, 2.45) is 11.1 Å². The highest BCUT2D eigenvalue weighted by atomic mass is 19.4. The van der Waals surface area contributed by atoms with Gasteiger partial charge in [-0.3, -0.25) is 0 Å². The van der Waals surface area contributed by atoms with Crippen LogP contribution in [0.1, 0.15) is 20.8 Å². The van der Waals surface area contributed by atoms with E-state index in [1.165, 1.54) is 12.1 Å². The molecule has 1 amide bonds. The average Bonchev–Trinajstić information content (AvgIpc) is 2.54. The van der Waals surface area contributed by atoms with Crippen molar-refractivity contribution >= 4 is 16.9 Å². The van der Waals surface area contributed by atoms with Gasteiger partial charge in [-0.15, -0.1) is 0 Å². The van der Waals surface area contributed by atoms with Crippen molar-refractivity contribution in [3.8, 4) is 11.5 Å². The molecule has 0 aliphatic rings. The van der Waals surface area contributed by atoms with Gasteiger partial charge in [0.25, 0.3) is 0 Å². The number of fused-ring (bicyclic) bond motifs is 1. The van der Waals surface area contributed by atoms with E-state index in [9.17, 15) is 18.0 Å². The van der Waals surface area contributed by atoms with Crippen molar-refractivity contribution in [3.05, 3.63) is 36.4 Å². The first-order valence-corrected chi connectivity index (χ1v) is 8.26. The van der Waals surface area contributed by atoms with Crippen LogP contribution >= 0.6 is 0 Å². The molecule has 0 bridgehead atoms. The van der Waals surface area contributed by atoms with Crippen LogP contribution in [0.25, 0.3) is 10.8 Å². The first kappa shape index (κ1) is 20.7. The lowest BCUT2D eigenvalue weighted by atomic mass is 9.89. The highest BCUT2D eigenvalue weighted by Crippen LogP contribution is 2.29. The number of nitrogens with two attached hydrogens (primary N) is 1. The van der Waals surface area contributed by atoms with Gasteiger partial charge in [0.2, 0.25) is 0 Å². The Balaban J connectivity index is 2.16. The molecule has 5 nitrogen and oxygen atoms in total. The zero-order valence-electron chi connectivity index (χ0n) is 15.3. The van der Waals surface area contributed by atoms with Gasteiger partial charge in [0, 0.05) is 5.41 Å². The average molecular weight is 385 g/mol. The molecule has 2 aromatic rings. The molecule has 1 unspecified atom stereocenters. The lowest BCUT2D eigenvalue weighted by molar-refractivity contribution is -0.153. The molecule has 0 saturated carbocycles. The van der Waals surface area contributed by atoms with Gasteiger partial charge in [0.1, 0.15) is 24.2 Å². The lowest BCUT2D eigenvalue weighted by Crippen LogP contribution is -2.37. The van der Waals surface area contributed by atoms with E-state index >= 15 is 0 Å². The summed E-state index contributed by atoms with van der Waals surface area (Å²) in [6.07, 6.45) is -5.70. The van der Waals surface area contributed by atoms with Crippen LogP contribution in [-0.2, 0) is 4.74 Å². The second-order valence-corrected chi connectivity index (χ2v) is 7.18. The van der Waals surface area contributed by atoms with Crippen LogP contribution in [0.15, 0.2) is 36.4 Å². The Morgan fingerprint density at radius 2 is 1.59 bits per heavy atom. The number of primary amides is 1. The Labute approximate surface area is 155 Å². The Bertz CT molecular complexity index is 800. The topological polar surface area (TPSA) is 70.8 Å². The predicted molar refractivity (Wildman–Crippen MR) is 94.9 cm³/mol. The molecule has 8 heteroatoms. The quantitative estimate of drug-likeness (QED) is 0.784. The number of carbonyl (C=O) groups is 1. The van der Waals surface area contributed by atoms with Crippen LogP contribution in [-0.4, -0.2) is 31.6 Å². The Morgan fingerprint density at radius 3 is 2.11 bits per heavy atom. The molecule has 1 atom stereocenters. The third kappa shape index (κ3) is 6.54. The minimum Gasteiger partial charge on any atom is -0.486 e. The fraction of sp³-hybridized carbons (Fsp3) is 0.421. The molecule has 0 aliphatic carbocycles. The molecule has 0 aromatic heterocycles. The summed E-state index contributed by atoms with van der Waals surface area (Å²) in [4.78, 5) is 10.9. The second kappa shape index (κ2) is 7.94. The summed E-state index contributed by atoms with van der Waals surface area (Å²) in [6.45, 7) is 4.47. The molecule has 0 spiro atoms. The summed E-state index contributed by atoms with van der Waals surface area (Å²) in [7, 11) is 0. The lowest BCUT2D eigenvalue weighted by Gasteiger charge is -2.30. The summed E-state index contributed by atoms with van der Waals surface area (Å²) in [5, 5.41) is 1.48. The molecule has 148 valence electrons. The van der Waals surface area contributed by atoms with Gasteiger partial charge in [0.05, 0.1) is 0 Å². The van der Waals surface area contributed by atoms with E-state index in [0.29, 0.717) is 11.1 Å². The van der Waals surface area contributed by atoms with Crippen molar-refractivity contribution in [2.45, 2.75) is 33.1 Å².